The van der Waals surface area contributed by atoms with Gasteiger partial charge in [0.25, 0.3) is 5.91 Å². The predicted molar refractivity (Wildman–Crippen MR) is 78.6 cm³/mol. The van der Waals surface area contributed by atoms with Gasteiger partial charge in [-0.2, -0.15) is 0 Å². The molecule has 20 heavy (non-hydrogen) atoms. The Hall–Kier alpha value is -1.62. The van der Waals surface area contributed by atoms with E-state index in [1.807, 2.05) is 12.1 Å². The summed E-state index contributed by atoms with van der Waals surface area (Å²) in [5.41, 5.74) is 7.66. The zero-order valence-corrected chi connectivity index (χ0v) is 11.9. The number of aromatic nitrogens is 1. The van der Waals surface area contributed by atoms with E-state index in [9.17, 15) is 4.79 Å². The van der Waals surface area contributed by atoms with Gasteiger partial charge in [-0.15, -0.1) is 0 Å². The summed E-state index contributed by atoms with van der Waals surface area (Å²) in [4.78, 5) is 18.2. The molecule has 3 N–H and O–H groups in total. The topological polar surface area (TPSA) is 71.2 Å². The van der Waals surface area contributed by atoms with Crippen molar-refractivity contribution >= 4 is 11.6 Å². The van der Waals surface area contributed by atoms with Gasteiger partial charge in [0.05, 0.1) is 0 Å². The lowest BCUT2D eigenvalue weighted by molar-refractivity contribution is 0.0958. The van der Waals surface area contributed by atoms with Crippen molar-refractivity contribution in [2.45, 2.75) is 25.3 Å². The van der Waals surface area contributed by atoms with E-state index in [2.05, 4.69) is 15.2 Å². The van der Waals surface area contributed by atoms with Crippen molar-refractivity contribution in [2.24, 2.45) is 17.6 Å². The Morgan fingerprint density at radius 3 is 3.00 bits per heavy atom. The van der Waals surface area contributed by atoms with Gasteiger partial charge in [0.2, 0.25) is 0 Å². The maximum atomic E-state index is 11.7. The van der Waals surface area contributed by atoms with Gasteiger partial charge in [0.15, 0.2) is 0 Å². The number of rotatable bonds is 2. The van der Waals surface area contributed by atoms with Crippen LogP contribution in [0.15, 0.2) is 18.3 Å². The lowest BCUT2D eigenvalue weighted by Crippen LogP contribution is -2.32. The molecule has 3 rings (SSSR count). The molecular weight excluding hydrogens is 252 g/mol. The van der Waals surface area contributed by atoms with Crippen LogP contribution in [-0.2, 0) is 0 Å². The van der Waals surface area contributed by atoms with Crippen molar-refractivity contribution in [1.29, 1.82) is 0 Å². The van der Waals surface area contributed by atoms with Crippen LogP contribution in [0.5, 0.6) is 0 Å². The number of pyridine rings is 1. The first kappa shape index (κ1) is 13.4. The zero-order chi connectivity index (χ0) is 14.1. The Kier molecular flexibility index (Phi) is 3.61. The molecule has 5 heteroatoms. The minimum atomic E-state index is -0.134. The first-order valence-corrected chi connectivity index (χ1v) is 7.36. The summed E-state index contributed by atoms with van der Waals surface area (Å²) in [6.07, 6.45) is 5.23. The van der Waals surface area contributed by atoms with E-state index in [1.165, 1.54) is 6.42 Å². The number of hydrogen-bond acceptors (Lipinski definition) is 4. The molecule has 1 aliphatic carbocycles. The molecular formula is C15H22N4O. The minimum Gasteiger partial charge on any atom is -0.371 e. The summed E-state index contributed by atoms with van der Waals surface area (Å²) in [5, 5.41) is 2.62. The number of anilines is 1. The van der Waals surface area contributed by atoms with Crippen molar-refractivity contribution in [1.82, 2.24) is 10.3 Å². The molecule has 108 valence electrons. The summed E-state index contributed by atoms with van der Waals surface area (Å²) >= 11 is 0. The maximum absolute atomic E-state index is 11.7. The molecule has 2 aliphatic rings. The maximum Gasteiger partial charge on any atom is 0.269 e. The third kappa shape index (κ3) is 2.50. The summed E-state index contributed by atoms with van der Waals surface area (Å²) in [6.45, 7) is 2.13. The van der Waals surface area contributed by atoms with Crippen LogP contribution in [-0.4, -0.2) is 37.1 Å². The molecule has 2 fully saturated rings. The molecule has 1 aliphatic heterocycles. The summed E-state index contributed by atoms with van der Waals surface area (Å²) < 4.78 is 0. The first-order valence-electron chi connectivity index (χ1n) is 7.36. The zero-order valence-electron chi connectivity index (χ0n) is 11.9. The van der Waals surface area contributed by atoms with E-state index in [-0.39, 0.29) is 5.91 Å². The number of hydrogen-bond donors (Lipinski definition) is 2. The fourth-order valence-electron chi connectivity index (χ4n) is 3.55. The van der Waals surface area contributed by atoms with Gasteiger partial charge >= 0.3 is 0 Å². The van der Waals surface area contributed by atoms with Crippen LogP contribution in [0.3, 0.4) is 0 Å². The van der Waals surface area contributed by atoms with Gasteiger partial charge in [-0.1, -0.05) is 0 Å². The second-order valence-corrected chi connectivity index (χ2v) is 5.98. The predicted octanol–water partition coefficient (Wildman–Crippen LogP) is 1.00. The minimum absolute atomic E-state index is 0.134. The fourth-order valence-corrected chi connectivity index (χ4v) is 3.55. The molecule has 5 nitrogen and oxygen atoms in total. The summed E-state index contributed by atoms with van der Waals surface area (Å²) in [6, 6.07) is 4.25. The third-order valence-electron chi connectivity index (χ3n) is 4.66. The van der Waals surface area contributed by atoms with E-state index in [0.29, 0.717) is 17.7 Å². The Bertz CT molecular complexity index is 504. The highest BCUT2D eigenvalue weighted by Gasteiger charge is 2.36. The molecule has 1 saturated heterocycles. The molecule has 1 amide bonds. The number of fused-ring (bicyclic) bond motifs is 1. The highest BCUT2D eigenvalue weighted by molar-refractivity contribution is 5.92. The molecule has 1 saturated carbocycles. The molecule has 0 radical (unpaired) electrons. The lowest BCUT2D eigenvalue weighted by atomic mass is 9.79. The van der Waals surface area contributed by atoms with E-state index >= 15 is 0 Å². The van der Waals surface area contributed by atoms with Crippen LogP contribution >= 0.6 is 0 Å². The average Bonchev–Trinajstić information content (AvgIpc) is 2.89. The van der Waals surface area contributed by atoms with Gasteiger partial charge in [-0.3, -0.25) is 9.78 Å². The van der Waals surface area contributed by atoms with E-state index in [4.69, 9.17) is 5.73 Å². The van der Waals surface area contributed by atoms with Gasteiger partial charge in [0.1, 0.15) is 5.69 Å². The summed E-state index contributed by atoms with van der Waals surface area (Å²) in [7, 11) is 1.63. The Labute approximate surface area is 119 Å². The molecule has 1 aromatic heterocycles. The smallest absolute Gasteiger partial charge is 0.269 e. The quantitative estimate of drug-likeness (QED) is 0.844. The second kappa shape index (κ2) is 5.40. The summed E-state index contributed by atoms with van der Waals surface area (Å²) in [5.74, 6) is 1.33. The largest absolute Gasteiger partial charge is 0.371 e. The molecule has 1 aromatic rings. The van der Waals surface area contributed by atoms with Gasteiger partial charge in [0, 0.05) is 38.1 Å². The van der Waals surface area contributed by atoms with Crippen molar-refractivity contribution in [3.8, 4) is 0 Å². The number of nitrogens with zero attached hydrogens (tertiary/aromatic N) is 2. The highest BCUT2D eigenvalue weighted by atomic mass is 16.1. The van der Waals surface area contributed by atoms with E-state index in [1.54, 1.807) is 13.2 Å². The van der Waals surface area contributed by atoms with Crippen molar-refractivity contribution in [3.05, 3.63) is 24.0 Å². The molecule has 0 spiro atoms. The van der Waals surface area contributed by atoms with Crippen LogP contribution in [0, 0.1) is 11.8 Å². The second-order valence-electron chi connectivity index (χ2n) is 5.98. The van der Waals surface area contributed by atoms with Gasteiger partial charge < -0.3 is 16.0 Å². The number of nitrogens with two attached hydrogens (primary N) is 1. The van der Waals surface area contributed by atoms with Crippen LogP contribution in [0.4, 0.5) is 5.69 Å². The Morgan fingerprint density at radius 1 is 1.40 bits per heavy atom. The Balaban J connectivity index is 1.76. The average molecular weight is 274 g/mol. The van der Waals surface area contributed by atoms with Crippen LogP contribution in [0.2, 0.25) is 0 Å². The lowest BCUT2D eigenvalue weighted by Gasteiger charge is -2.27. The number of carbonyl (C=O) groups is 1. The SMILES string of the molecule is CNC(=O)c1cc(N2C[C@H]3CCC(N)C[C@H]3C2)ccn1. The third-order valence-corrected chi connectivity index (χ3v) is 4.66. The van der Waals surface area contributed by atoms with Crippen LogP contribution < -0.4 is 16.0 Å². The van der Waals surface area contributed by atoms with Crippen molar-refractivity contribution in [2.75, 3.05) is 25.0 Å². The van der Waals surface area contributed by atoms with Gasteiger partial charge in [-0.25, -0.2) is 0 Å². The number of carbonyl (C=O) groups excluding carboxylic acids is 1. The van der Waals surface area contributed by atoms with Crippen LogP contribution in [0.25, 0.3) is 0 Å². The normalized spacial score (nSPS) is 29.1. The first-order chi connectivity index (χ1) is 9.67. The highest BCUT2D eigenvalue weighted by Crippen LogP contribution is 2.37. The van der Waals surface area contributed by atoms with Crippen molar-refractivity contribution in [3.63, 3.8) is 0 Å². The Morgan fingerprint density at radius 2 is 2.20 bits per heavy atom. The molecule has 2 heterocycles. The molecule has 0 bridgehead atoms. The molecule has 1 unspecified atom stereocenters. The van der Waals surface area contributed by atoms with E-state index < -0.39 is 0 Å². The van der Waals surface area contributed by atoms with Crippen molar-refractivity contribution < 1.29 is 4.79 Å². The number of amides is 1. The fraction of sp³-hybridized carbons (Fsp3) is 0.600. The molecule has 0 aromatic carbocycles. The van der Waals surface area contributed by atoms with Crippen LogP contribution in [0.1, 0.15) is 29.8 Å². The van der Waals surface area contributed by atoms with Gasteiger partial charge in [-0.05, 0) is 43.2 Å². The molecule has 3 atom stereocenters. The standard InChI is InChI=1S/C15H22N4O/c1-17-15(20)14-7-13(4-5-18-14)19-8-10-2-3-12(16)6-11(10)9-19/h4-5,7,10-12H,2-3,6,8-9,16H2,1H3,(H,17,20)/t10-,11+,12?/m1/s1. The van der Waals surface area contributed by atoms with E-state index in [0.717, 1.165) is 37.5 Å². The number of nitrogens with one attached hydrogen (secondary N) is 1. The monoisotopic (exact) mass is 274 g/mol.